The molecule has 5 nitrogen and oxygen atoms in total. The Morgan fingerprint density at radius 2 is 1.74 bits per heavy atom. The van der Waals surface area contributed by atoms with Crippen LogP contribution in [0.1, 0.15) is 98.3 Å². The smallest absolute Gasteiger partial charge is 0.305 e. The third-order valence-electron chi connectivity index (χ3n) is 11.1. The topological polar surface area (TPSA) is 70.6 Å². The van der Waals surface area contributed by atoms with Gasteiger partial charge >= 0.3 is 5.97 Å². The van der Waals surface area contributed by atoms with Gasteiger partial charge in [-0.1, -0.05) is 27.7 Å². The number of methoxy groups -OCH3 is 1. The SMILES string of the molecule is COC(=O)CCC[C@H]1CCC2C3CC(O)[C@H]4C[C@H](NCCNC(C)C)CC[C@]4(C)C3CC[C@@]21C. The summed E-state index contributed by atoms with van der Waals surface area (Å²) in [6.45, 7) is 11.5. The number of fused-ring (bicyclic) bond motifs is 5. The largest absolute Gasteiger partial charge is 0.469 e. The molecule has 4 fully saturated rings. The Labute approximate surface area is 208 Å². The van der Waals surface area contributed by atoms with Crippen LogP contribution in [-0.4, -0.2) is 49.5 Å². The van der Waals surface area contributed by atoms with Gasteiger partial charge in [-0.2, -0.15) is 0 Å². The molecule has 34 heavy (non-hydrogen) atoms. The second-order valence-corrected chi connectivity index (χ2v) is 13.1. The Kier molecular flexibility index (Phi) is 8.36. The number of esters is 1. The van der Waals surface area contributed by atoms with E-state index in [2.05, 4.69) is 38.3 Å². The fourth-order valence-corrected chi connectivity index (χ4v) is 9.30. The van der Waals surface area contributed by atoms with Crippen molar-refractivity contribution in [2.75, 3.05) is 20.2 Å². The molecule has 0 spiro atoms. The summed E-state index contributed by atoms with van der Waals surface area (Å²) in [5.74, 6) is 3.31. The van der Waals surface area contributed by atoms with Crippen LogP contribution in [0.25, 0.3) is 0 Å². The van der Waals surface area contributed by atoms with Crippen LogP contribution in [0.4, 0.5) is 0 Å². The molecule has 4 aliphatic carbocycles. The molecular formula is C29H52N2O3. The molecule has 3 N–H and O–H groups in total. The van der Waals surface area contributed by atoms with Crippen LogP contribution in [0.3, 0.4) is 0 Å². The van der Waals surface area contributed by atoms with Crippen LogP contribution in [0.2, 0.25) is 0 Å². The molecule has 0 aliphatic heterocycles. The summed E-state index contributed by atoms with van der Waals surface area (Å²) in [5.41, 5.74) is 0.684. The van der Waals surface area contributed by atoms with Crippen molar-refractivity contribution in [3.05, 3.63) is 0 Å². The van der Waals surface area contributed by atoms with Crippen molar-refractivity contribution in [1.29, 1.82) is 0 Å². The fraction of sp³-hybridized carbons (Fsp3) is 0.966. The van der Waals surface area contributed by atoms with Gasteiger partial charge in [0, 0.05) is 31.6 Å². The van der Waals surface area contributed by atoms with Gasteiger partial charge in [0.1, 0.15) is 0 Å². The summed E-state index contributed by atoms with van der Waals surface area (Å²) in [6, 6.07) is 1.09. The molecule has 9 atom stereocenters. The highest BCUT2D eigenvalue weighted by Gasteiger charge is 2.61. The van der Waals surface area contributed by atoms with E-state index >= 15 is 0 Å². The van der Waals surface area contributed by atoms with E-state index in [0.717, 1.165) is 56.5 Å². The van der Waals surface area contributed by atoms with E-state index in [0.29, 0.717) is 41.2 Å². The first-order valence-corrected chi connectivity index (χ1v) is 14.4. The highest BCUT2D eigenvalue weighted by molar-refractivity contribution is 5.68. The van der Waals surface area contributed by atoms with Crippen molar-refractivity contribution in [1.82, 2.24) is 10.6 Å². The van der Waals surface area contributed by atoms with Crippen LogP contribution >= 0.6 is 0 Å². The lowest BCUT2D eigenvalue weighted by Crippen LogP contribution is -2.59. The Morgan fingerprint density at radius 1 is 1.00 bits per heavy atom. The summed E-state index contributed by atoms with van der Waals surface area (Å²) in [4.78, 5) is 11.6. The van der Waals surface area contributed by atoms with Gasteiger partial charge in [0.2, 0.25) is 0 Å². The summed E-state index contributed by atoms with van der Waals surface area (Å²) in [5, 5.41) is 18.8. The molecule has 0 aromatic carbocycles. The zero-order valence-corrected chi connectivity index (χ0v) is 22.6. The maximum absolute atomic E-state index is 11.6. The number of aliphatic hydroxyl groups is 1. The number of hydrogen-bond donors (Lipinski definition) is 3. The number of nitrogens with one attached hydrogen (secondary N) is 2. The minimum atomic E-state index is -0.148. The second kappa shape index (κ2) is 10.8. The molecule has 0 saturated heterocycles. The molecule has 196 valence electrons. The molecule has 0 amide bonds. The van der Waals surface area contributed by atoms with Gasteiger partial charge in [0.05, 0.1) is 13.2 Å². The quantitative estimate of drug-likeness (QED) is 0.326. The third-order valence-corrected chi connectivity index (χ3v) is 11.1. The van der Waals surface area contributed by atoms with E-state index in [1.54, 1.807) is 0 Å². The summed E-state index contributed by atoms with van der Waals surface area (Å²) >= 11 is 0. The first kappa shape index (κ1) is 26.4. The first-order valence-electron chi connectivity index (χ1n) is 14.4. The number of carbonyl (C=O) groups is 1. The minimum Gasteiger partial charge on any atom is -0.469 e. The maximum atomic E-state index is 11.6. The van der Waals surface area contributed by atoms with Gasteiger partial charge in [-0.3, -0.25) is 4.79 Å². The molecule has 0 bridgehead atoms. The molecular weight excluding hydrogens is 424 g/mol. The van der Waals surface area contributed by atoms with E-state index in [9.17, 15) is 9.90 Å². The van der Waals surface area contributed by atoms with E-state index in [4.69, 9.17) is 4.74 Å². The van der Waals surface area contributed by atoms with Crippen molar-refractivity contribution in [3.63, 3.8) is 0 Å². The Balaban J connectivity index is 1.38. The molecule has 5 heteroatoms. The Morgan fingerprint density at radius 3 is 2.47 bits per heavy atom. The van der Waals surface area contributed by atoms with Crippen LogP contribution in [0.15, 0.2) is 0 Å². The minimum absolute atomic E-state index is 0.0703. The van der Waals surface area contributed by atoms with E-state index < -0.39 is 0 Å². The molecule has 4 rings (SSSR count). The third kappa shape index (κ3) is 5.09. The van der Waals surface area contributed by atoms with Crippen LogP contribution in [0.5, 0.6) is 0 Å². The predicted molar refractivity (Wildman–Crippen MR) is 137 cm³/mol. The Bertz CT molecular complexity index is 699. The van der Waals surface area contributed by atoms with Gasteiger partial charge in [-0.25, -0.2) is 0 Å². The van der Waals surface area contributed by atoms with Gasteiger partial charge in [0.25, 0.3) is 0 Å². The summed E-state index contributed by atoms with van der Waals surface area (Å²) in [6.07, 6.45) is 12.5. The number of aliphatic hydroxyl groups excluding tert-OH is 1. The van der Waals surface area contributed by atoms with E-state index in [-0.39, 0.29) is 12.1 Å². The van der Waals surface area contributed by atoms with Crippen LogP contribution < -0.4 is 10.6 Å². The monoisotopic (exact) mass is 476 g/mol. The summed E-state index contributed by atoms with van der Waals surface area (Å²) < 4.78 is 4.86. The van der Waals surface area contributed by atoms with Crippen molar-refractivity contribution in [2.45, 2.75) is 117 Å². The average molecular weight is 477 g/mol. The lowest BCUT2D eigenvalue weighted by atomic mass is 9.44. The van der Waals surface area contributed by atoms with E-state index in [1.807, 2.05) is 0 Å². The zero-order valence-electron chi connectivity index (χ0n) is 22.6. The van der Waals surface area contributed by atoms with Crippen molar-refractivity contribution >= 4 is 5.97 Å². The second-order valence-electron chi connectivity index (χ2n) is 13.1. The zero-order chi connectivity index (χ0) is 24.5. The van der Waals surface area contributed by atoms with Gasteiger partial charge in [-0.05, 0) is 105 Å². The molecule has 0 radical (unpaired) electrons. The van der Waals surface area contributed by atoms with Crippen molar-refractivity contribution in [2.24, 2.45) is 40.4 Å². The molecule has 4 unspecified atom stereocenters. The standard InChI is InChI=1S/C29H52N2O3/c1-19(2)30-15-16-31-21-11-13-29(4)24-12-14-28(3)20(7-6-8-27(33)34-5)9-10-23(28)22(24)18-26(32)25(29)17-21/h19-26,30-32H,6-18H2,1-5H3/t20-,21+,22?,23?,24?,25+,26?,28+,29+/m0/s1. The molecule has 0 heterocycles. The summed E-state index contributed by atoms with van der Waals surface area (Å²) in [7, 11) is 1.49. The lowest BCUT2D eigenvalue weighted by Gasteiger charge is -2.62. The molecule has 4 aliphatic rings. The lowest BCUT2D eigenvalue weighted by molar-refractivity contribution is -0.161. The van der Waals surface area contributed by atoms with Gasteiger partial charge in [0.15, 0.2) is 0 Å². The number of ether oxygens (including phenoxy) is 1. The van der Waals surface area contributed by atoms with Crippen LogP contribution in [-0.2, 0) is 9.53 Å². The number of carbonyl (C=O) groups excluding carboxylic acids is 1. The van der Waals surface area contributed by atoms with Crippen molar-refractivity contribution in [3.8, 4) is 0 Å². The van der Waals surface area contributed by atoms with E-state index in [1.165, 1.54) is 45.6 Å². The van der Waals surface area contributed by atoms with Gasteiger partial charge in [-0.15, -0.1) is 0 Å². The number of hydrogen-bond acceptors (Lipinski definition) is 5. The van der Waals surface area contributed by atoms with Gasteiger partial charge < -0.3 is 20.5 Å². The predicted octanol–water partition coefficient (Wildman–Crippen LogP) is 4.92. The van der Waals surface area contributed by atoms with Crippen molar-refractivity contribution < 1.29 is 14.6 Å². The normalized spacial score (nSPS) is 43.8. The fourth-order valence-electron chi connectivity index (χ4n) is 9.30. The average Bonchev–Trinajstić information content (AvgIpc) is 3.13. The molecule has 4 saturated carbocycles. The molecule has 0 aromatic rings. The highest BCUT2D eigenvalue weighted by atomic mass is 16.5. The molecule has 0 aromatic heterocycles. The Hall–Kier alpha value is -0.650. The maximum Gasteiger partial charge on any atom is 0.305 e. The highest BCUT2D eigenvalue weighted by Crippen LogP contribution is 2.67. The number of rotatable bonds is 9. The van der Waals surface area contributed by atoms with Crippen LogP contribution in [0, 0.1) is 40.4 Å². The first-order chi connectivity index (χ1) is 16.2.